The van der Waals surface area contributed by atoms with Crippen molar-refractivity contribution in [3.8, 4) is 0 Å². The average molecular weight is 807 g/mol. The maximum Gasteiger partial charge on any atom is 0.472 e. The van der Waals surface area contributed by atoms with Crippen molar-refractivity contribution in [3.05, 3.63) is 24.8 Å². The van der Waals surface area contributed by atoms with Gasteiger partial charge in [0, 0.05) is 12.8 Å². The Morgan fingerprint density at radius 1 is 0.600 bits per heavy atom. The zero-order valence-electron chi connectivity index (χ0n) is 33.6. The second-order valence-electron chi connectivity index (χ2n) is 14.9. The lowest BCUT2D eigenvalue weighted by atomic mass is 9.85. The second-order valence-corrected chi connectivity index (χ2v) is 16.3. The van der Waals surface area contributed by atoms with Gasteiger partial charge in [0.05, 0.1) is 6.61 Å². The van der Waals surface area contributed by atoms with Gasteiger partial charge in [0.1, 0.15) is 43.2 Å². The van der Waals surface area contributed by atoms with Gasteiger partial charge in [-0.1, -0.05) is 128 Å². The molecule has 0 aromatic rings. The largest absolute Gasteiger partial charge is 0.472 e. The summed E-state index contributed by atoms with van der Waals surface area (Å²) in [5.74, 6) is -1.11. The van der Waals surface area contributed by atoms with Crippen molar-refractivity contribution in [1.29, 1.82) is 0 Å². The van der Waals surface area contributed by atoms with E-state index in [1.54, 1.807) is 0 Å². The Hall–Kier alpha value is -1.67. The van der Waals surface area contributed by atoms with Gasteiger partial charge in [0.2, 0.25) is 0 Å². The maximum absolute atomic E-state index is 12.8. The number of hydrogen-bond acceptors (Lipinski definition) is 12. The Labute approximate surface area is 330 Å². The van der Waals surface area contributed by atoms with Crippen LogP contribution in [0.4, 0.5) is 0 Å². The van der Waals surface area contributed by atoms with Gasteiger partial charge < -0.3 is 39.9 Å². The second kappa shape index (κ2) is 32.3. The van der Waals surface area contributed by atoms with Crippen LogP contribution in [0.25, 0.3) is 0 Å². The van der Waals surface area contributed by atoms with Crippen LogP contribution in [0.5, 0.6) is 0 Å². The molecule has 0 aromatic heterocycles. The van der Waals surface area contributed by atoms with Crippen LogP contribution in [0.1, 0.15) is 167 Å². The van der Waals surface area contributed by atoms with E-state index in [2.05, 4.69) is 25.7 Å². The third kappa shape index (κ3) is 25.3. The molecular weight excluding hydrogens is 731 g/mol. The number of allylic oxidation sites excluding steroid dienone is 3. The van der Waals surface area contributed by atoms with Crippen molar-refractivity contribution in [2.45, 2.75) is 210 Å². The third-order valence-corrected chi connectivity index (χ3v) is 10.9. The first-order valence-corrected chi connectivity index (χ1v) is 22.6. The molecule has 0 radical (unpaired) electrons. The van der Waals surface area contributed by atoms with E-state index in [4.69, 9.17) is 18.5 Å². The fourth-order valence-corrected chi connectivity index (χ4v) is 7.40. The molecule has 322 valence electrons. The molecule has 8 atom stereocenters. The molecule has 0 amide bonds. The van der Waals surface area contributed by atoms with Crippen LogP contribution in [0.3, 0.4) is 0 Å². The van der Waals surface area contributed by atoms with Gasteiger partial charge >= 0.3 is 19.8 Å². The molecule has 6 unspecified atom stereocenters. The fourth-order valence-electron chi connectivity index (χ4n) is 6.42. The molecule has 0 saturated heterocycles. The van der Waals surface area contributed by atoms with E-state index in [0.717, 1.165) is 64.2 Å². The van der Waals surface area contributed by atoms with Crippen molar-refractivity contribution in [2.24, 2.45) is 0 Å². The molecule has 14 heteroatoms. The standard InChI is InChI=1S/C41H75O13P/c1-3-5-7-9-11-13-15-16-17-18-20-21-23-25-27-29-34(42)51-31-33(53-35(43)30-28-26-24-22-19-14-12-10-8-6-4-2)32-52-55(49,50)54-41-39(47)37(45)36(44)38(46)40(41)48/h3,10,12,33,36-41,44-48H,1,4-9,11,13-32H2,2H3,(H,49,50)/b12-10+/t33-,36?,37-,38?,39?,40?,41?/m1/s1. The van der Waals surface area contributed by atoms with E-state index >= 15 is 0 Å². The number of carbonyl (C=O) groups excluding carboxylic acids is 2. The Morgan fingerprint density at radius 2 is 1.02 bits per heavy atom. The summed E-state index contributed by atoms with van der Waals surface area (Å²) in [6.45, 7) is 4.75. The van der Waals surface area contributed by atoms with Crippen LogP contribution < -0.4 is 0 Å². The zero-order valence-corrected chi connectivity index (χ0v) is 34.5. The van der Waals surface area contributed by atoms with Crippen LogP contribution in [0.15, 0.2) is 24.8 Å². The molecule has 1 fully saturated rings. The SMILES string of the molecule is C=CCCCCCCCCCCCCCCCC(=O)OC[C@H](COP(=O)(O)OC1C(O)C(O)C(O)[C@@H](O)C1O)OC(=O)CCCCCCC/C=C/CCCC. The van der Waals surface area contributed by atoms with Crippen molar-refractivity contribution in [3.63, 3.8) is 0 Å². The van der Waals surface area contributed by atoms with Crippen LogP contribution in [-0.2, 0) is 32.7 Å². The molecule has 0 heterocycles. The number of unbranched alkanes of at least 4 members (excludes halogenated alkanes) is 20. The van der Waals surface area contributed by atoms with E-state index in [1.807, 2.05) is 6.08 Å². The highest BCUT2D eigenvalue weighted by Crippen LogP contribution is 2.47. The summed E-state index contributed by atoms with van der Waals surface area (Å²) in [5, 5.41) is 50.0. The lowest BCUT2D eigenvalue weighted by Gasteiger charge is -2.41. The lowest BCUT2D eigenvalue weighted by Crippen LogP contribution is -2.64. The van der Waals surface area contributed by atoms with Crippen molar-refractivity contribution < 1.29 is 63.1 Å². The minimum atomic E-state index is -5.11. The van der Waals surface area contributed by atoms with Gasteiger partial charge in [0.15, 0.2) is 6.10 Å². The molecule has 1 aliphatic carbocycles. The normalized spacial score (nSPS) is 23.0. The van der Waals surface area contributed by atoms with Gasteiger partial charge in [-0.15, -0.1) is 6.58 Å². The number of aliphatic hydroxyl groups is 5. The summed E-state index contributed by atoms with van der Waals surface area (Å²) >= 11 is 0. The Kier molecular flexibility index (Phi) is 30.2. The molecule has 6 N–H and O–H groups in total. The first kappa shape index (κ1) is 51.3. The summed E-state index contributed by atoms with van der Waals surface area (Å²) in [5.41, 5.74) is 0. The number of hydrogen-bond donors (Lipinski definition) is 6. The van der Waals surface area contributed by atoms with E-state index in [0.29, 0.717) is 12.8 Å². The smallest absolute Gasteiger partial charge is 0.462 e. The predicted octanol–water partition coefficient (Wildman–Crippen LogP) is 7.28. The average Bonchev–Trinajstić information content (AvgIpc) is 3.16. The predicted molar refractivity (Wildman–Crippen MR) is 212 cm³/mol. The fraction of sp³-hybridized carbons (Fsp3) is 0.854. The third-order valence-electron chi connectivity index (χ3n) is 9.91. The zero-order chi connectivity index (χ0) is 40.7. The summed E-state index contributed by atoms with van der Waals surface area (Å²) in [6, 6.07) is 0. The maximum atomic E-state index is 12.8. The Morgan fingerprint density at radius 3 is 1.51 bits per heavy atom. The highest BCUT2D eigenvalue weighted by Gasteiger charge is 2.51. The van der Waals surface area contributed by atoms with Gasteiger partial charge in [-0.2, -0.15) is 0 Å². The molecule has 0 aromatic carbocycles. The highest BCUT2D eigenvalue weighted by atomic mass is 31.2. The summed E-state index contributed by atoms with van der Waals surface area (Å²) in [4.78, 5) is 35.5. The van der Waals surface area contributed by atoms with E-state index in [9.17, 15) is 44.6 Å². The summed E-state index contributed by atoms with van der Waals surface area (Å²) in [7, 11) is -5.11. The van der Waals surface area contributed by atoms with Gasteiger partial charge in [-0.05, 0) is 44.9 Å². The molecule has 0 spiro atoms. The summed E-state index contributed by atoms with van der Waals surface area (Å²) < 4.78 is 33.4. The molecule has 55 heavy (non-hydrogen) atoms. The molecule has 0 bridgehead atoms. The molecule has 1 aliphatic rings. The summed E-state index contributed by atoms with van der Waals surface area (Å²) in [6.07, 6.45) is 18.6. The molecule has 1 rings (SSSR count). The first-order chi connectivity index (χ1) is 26.4. The van der Waals surface area contributed by atoms with E-state index < -0.39 is 75.7 Å². The van der Waals surface area contributed by atoms with E-state index in [1.165, 1.54) is 70.6 Å². The molecular formula is C41H75O13P. The lowest BCUT2D eigenvalue weighted by molar-refractivity contribution is -0.220. The van der Waals surface area contributed by atoms with Crippen molar-refractivity contribution in [1.82, 2.24) is 0 Å². The minimum absolute atomic E-state index is 0.0869. The number of ether oxygens (including phenoxy) is 2. The van der Waals surface area contributed by atoms with Crippen LogP contribution >= 0.6 is 7.82 Å². The van der Waals surface area contributed by atoms with Crippen LogP contribution in [0.2, 0.25) is 0 Å². The molecule has 0 aliphatic heterocycles. The number of rotatable bonds is 35. The van der Waals surface area contributed by atoms with Crippen LogP contribution in [0, 0.1) is 0 Å². The van der Waals surface area contributed by atoms with Gasteiger partial charge in [-0.25, -0.2) is 4.57 Å². The topological polar surface area (TPSA) is 210 Å². The van der Waals surface area contributed by atoms with Crippen molar-refractivity contribution in [2.75, 3.05) is 13.2 Å². The Balaban J connectivity index is 2.48. The first-order valence-electron chi connectivity index (χ1n) is 21.1. The number of aliphatic hydroxyl groups excluding tert-OH is 5. The molecule has 13 nitrogen and oxygen atoms in total. The number of phosphoric acid groups is 1. The quantitative estimate of drug-likeness (QED) is 0.0161. The Bertz CT molecular complexity index is 1060. The van der Waals surface area contributed by atoms with Crippen LogP contribution in [-0.4, -0.2) is 98.3 Å². The highest BCUT2D eigenvalue weighted by molar-refractivity contribution is 7.47. The van der Waals surface area contributed by atoms with E-state index in [-0.39, 0.29) is 12.8 Å². The monoisotopic (exact) mass is 806 g/mol. The number of carbonyl (C=O) groups is 2. The van der Waals surface area contributed by atoms with Crippen molar-refractivity contribution >= 4 is 19.8 Å². The van der Waals surface area contributed by atoms with Gasteiger partial charge in [-0.3, -0.25) is 18.6 Å². The van der Waals surface area contributed by atoms with Gasteiger partial charge in [0.25, 0.3) is 0 Å². The minimum Gasteiger partial charge on any atom is -0.462 e. The molecule has 1 saturated carbocycles. The number of phosphoric ester groups is 1. The number of esters is 2.